The lowest BCUT2D eigenvalue weighted by Gasteiger charge is -2.11. The highest BCUT2D eigenvalue weighted by Crippen LogP contribution is 2.12. The summed E-state index contributed by atoms with van der Waals surface area (Å²) in [5, 5.41) is 17.8. The van der Waals surface area contributed by atoms with Crippen molar-refractivity contribution in [1.29, 1.82) is 0 Å². The van der Waals surface area contributed by atoms with Gasteiger partial charge in [0.1, 0.15) is 23.0 Å². The van der Waals surface area contributed by atoms with Crippen molar-refractivity contribution in [2.24, 2.45) is 0 Å². The highest BCUT2D eigenvalue weighted by Gasteiger charge is 2.05. The molecule has 3 rings (SSSR count). The third-order valence-corrected chi connectivity index (χ3v) is 3.43. The van der Waals surface area contributed by atoms with E-state index in [1.807, 2.05) is 24.3 Å². The zero-order valence-corrected chi connectivity index (χ0v) is 13.8. The van der Waals surface area contributed by atoms with Gasteiger partial charge in [0.25, 0.3) is 0 Å². The molecule has 0 amide bonds. The molecule has 0 bridgehead atoms. The van der Waals surface area contributed by atoms with E-state index in [4.69, 9.17) is 29.6 Å². The molecule has 122 valence electrons. The van der Waals surface area contributed by atoms with Crippen molar-refractivity contribution in [3.8, 4) is 5.69 Å². The maximum Gasteiger partial charge on any atom is 0.171 e. The molecule has 9 nitrogen and oxygen atoms in total. The van der Waals surface area contributed by atoms with E-state index in [1.54, 1.807) is 4.68 Å². The standard InChI is InChI=1S/C13H12ClN9S/c14-11-6-16-12(15)10(20-11)5-17-13(24)19-8-1-3-9(4-2-8)23-7-18-21-22-23/h1-4,6-7H,5H2,(H2,15,16)(H2,17,19,24). The maximum atomic E-state index is 5.80. The van der Waals surface area contributed by atoms with E-state index in [9.17, 15) is 0 Å². The lowest BCUT2D eigenvalue weighted by Crippen LogP contribution is -2.28. The summed E-state index contributed by atoms with van der Waals surface area (Å²) in [7, 11) is 0. The lowest BCUT2D eigenvalue weighted by molar-refractivity contribution is 0.789. The number of nitrogens with zero attached hydrogens (tertiary/aromatic N) is 6. The molecule has 3 aromatic rings. The smallest absolute Gasteiger partial charge is 0.171 e. The van der Waals surface area contributed by atoms with Gasteiger partial charge in [-0.2, -0.15) is 0 Å². The van der Waals surface area contributed by atoms with Crippen molar-refractivity contribution < 1.29 is 0 Å². The largest absolute Gasteiger partial charge is 0.382 e. The van der Waals surface area contributed by atoms with Gasteiger partial charge in [-0.25, -0.2) is 14.6 Å². The van der Waals surface area contributed by atoms with Gasteiger partial charge in [0.05, 0.1) is 18.4 Å². The summed E-state index contributed by atoms with van der Waals surface area (Å²) >= 11 is 11.0. The maximum absolute atomic E-state index is 5.80. The first kappa shape index (κ1) is 16.0. The molecule has 0 saturated carbocycles. The van der Waals surface area contributed by atoms with Gasteiger partial charge < -0.3 is 16.4 Å². The van der Waals surface area contributed by atoms with Crippen LogP contribution >= 0.6 is 23.8 Å². The average molecular weight is 362 g/mol. The Morgan fingerprint density at radius 3 is 2.79 bits per heavy atom. The second kappa shape index (κ2) is 7.15. The Morgan fingerprint density at radius 1 is 1.29 bits per heavy atom. The molecule has 0 aliphatic carbocycles. The van der Waals surface area contributed by atoms with Crippen molar-refractivity contribution in [1.82, 2.24) is 35.5 Å². The second-order valence-corrected chi connectivity index (χ2v) is 5.43. The fourth-order valence-corrected chi connectivity index (χ4v) is 2.20. The van der Waals surface area contributed by atoms with Crippen LogP contribution in [0.25, 0.3) is 5.69 Å². The van der Waals surface area contributed by atoms with Crippen LogP contribution in [0.15, 0.2) is 36.8 Å². The Bertz CT molecular complexity index is 835. The molecule has 2 heterocycles. The van der Waals surface area contributed by atoms with Crippen molar-refractivity contribution in [2.45, 2.75) is 6.54 Å². The van der Waals surface area contributed by atoms with Gasteiger partial charge in [-0.15, -0.1) is 5.10 Å². The number of aromatic nitrogens is 6. The predicted molar refractivity (Wildman–Crippen MR) is 93.7 cm³/mol. The molecule has 0 spiro atoms. The number of hydrogen-bond acceptors (Lipinski definition) is 7. The minimum absolute atomic E-state index is 0.276. The summed E-state index contributed by atoms with van der Waals surface area (Å²) in [5.41, 5.74) is 7.92. The van der Waals surface area contributed by atoms with Crippen molar-refractivity contribution in [2.75, 3.05) is 11.1 Å². The number of nitrogens with two attached hydrogens (primary N) is 1. The van der Waals surface area contributed by atoms with Crippen LogP contribution in [0.3, 0.4) is 0 Å². The van der Waals surface area contributed by atoms with Gasteiger partial charge in [-0.3, -0.25) is 0 Å². The predicted octanol–water partition coefficient (Wildman–Crippen LogP) is 1.17. The highest BCUT2D eigenvalue weighted by molar-refractivity contribution is 7.80. The van der Waals surface area contributed by atoms with E-state index < -0.39 is 0 Å². The van der Waals surface area contributed by atoms with Crippen molar-refractivity contribution >= 4 is 40.4 Å². The topological polar surface area (TPSA) is 119 Å². The van der Waals surface area contributed by atoms with Crippen LogP contribution in [0.1, 0.15) is 5.69 Å². The molecule has 0 fully saturated rings. The zero-order valence-electron chi connectivity index (χ0n) is 12.2. The van der Waals surface area contributed by atoms with Crippen LogP contribution in [0.5, 0.6) is 0 Å². The number of tetrazole rings is 1. The molecular formula is C13H12ClN9S. The molecule has 11 heteroatoms. The Balaban J connectivity index is 1.58. The number of nitrogens with one attached hydrogen (secondary N) is 2. The Hall–Kier alpha value is -2.85. The SMILES string of the molecule is Nc1ncc(Cl)nc1CNC(=S)Nc1ccc(-n2cnnn2)cc1. The first-order chi connectivity index (χ1) is 11.6. The molecule has 2 aromatic heterocycles. The monoisotopic (exact) mass is 361 g/mol. The van der Waals surface area contributed by atoms with E-state index in [1.165, 1.54) is 12.5 Å². The van der Waals surface area contributed by atoms with Crippen LogP contribution in [-0.2, 0) is 6.54 Å². The van der Waals surface area contributed by atoms with E-state index in [2.05, 4.69) is 36.1 Å². The molecule has 4 N–H and O–H groups in total. The number of rotatable bonds is 4. The summed E-state index contributed by atoms with van der Waals surface area (Å²) in [4.78, 5) is 8.03. The van der Waals surface area contributed by atoms with Gasteiger partial charge in [0.2, 0.25) is 0 Å². The fraction of sp³-hybridized carbons (Fsp3) is 0.0769. The number of benzene rings is 1. The molecule has 0 unspecified atom stereocenters. The third kappa shape index (κ3) is 3.91. The minimum atomic E-state index is 0.276. The van der Waals surface area contributed by atoms with Gasteiger partial charge in [0.15, 0.2) is 5.11 Å². The summed E-state index contributed by atoms with van der Waals surface area (Å²) in [6, 6.07) is 7.45. The van der Waals surface area contributed by atoms with Crippen LogP contribution in [0.4, 0.5) is 11.5 Å². The van der Waals surface area contributed by atoms with E-state index in [-0.39, 0.29) is 5.15 Å². The second-order valence-electron chi connectivity index (χ2n) is 4.63. The molecule has 0 aliphatic rings. The minimum Gasteiger partial charge on any atom is -0.382 e. The molecule has 0 radical (unpaired) electrons. The average Bonchev–Trinajstić information content (AvgIpc) is 3.11. The van der Waals surface area contributed by atoms with Crippen LogP contribution in [0, 0.1) is 0 Å². The molecule has 24 heavy (non-hydrogen) atoms. The normalized spacial score (nSPS) is 10.4. The number of hydrogen-bond donors (Lipinski definition) is 3. The summed E-state index contributed by atoms with van der Waals surface area (Å²) < 4.78 is 1.56. The Morgan fingerprint density at radius 2 is 2.08 bits per heavy atom. The summed E-state index contributed by atoms with van der Waals surface area (Å²) in [6.45, 7) is 0.313. The van der Waals surface area contributed by atoms with E-state index >= 15 is 0 Å². The van der Waals surface area contributed by atoms with Crippen LogP contribution in [0.2, 0.25) is 5.15 Å². The van der Waals surface area contributed by atoms with Crippen LogP contribution in [-0.4, -0.2) is 35.3 Å². The molecular weight excluding hydrogens is 350 g/mol. The Labute approximate surface area is 147 Å². The van der Waals surface area contributed by atoms with Gasteiger partial charge in [0, 0.05) is 5.69 Å². The summed E-state index contributed by atoms with van der Waals surface area (Å²) in [5.74, 6) is 0.306. The van der Waals surface area contributed by atoms with Crippen molar-refractivity contribution in [3.63, 3.8) is 0 Å². The third-order valence-electron chi connectivity index (χ3n) is 3.00. The summed E-state index contributed by atoms with van der Waals surface area (Å²) in [6.07, 6.45) is 2.91. The highest BCUT2D eigenvalue weighted by atomic mass is 35.5. The molecule has 1 aromatic carbocycles. The molecule has 0 atom stereocenters. The van der Waals surface area contributed by atoms with Gasteiger partial charge in [-0.05, 0) is 46.9 Å². The number of anilines is 2. The Kier molecular flexibility index (Phi) is 4.77. The zero-order chi connectivity index (χ0) is 16.9. The lowest BCUT2D eigenvalue weighted by atomic mass is 10.3. The molecule has 0 aliphatic heterocycles. The first-order valence-electron chi connectivity index (χ1n) is 6.77. The quantitative estimate of drug-likeness (QED) is 0.588. The van der Waals surface area contributed by atoms with Gasteiger partial charge >= 0.3 is 0 Å². The van der Waals surface area contributed by atoms with Crippen molar-refractivity contribution in [3.05, 3.63) is 47.6 Å². The van der Waals surface area contributed by atoms with Gasteiger partial charge in [-0.1, -0.05) is 11.6 Å². The number of nitrogen functional groups attached to an aromatic ring is 1. The van der Waals surface area contributed by atoms with E-state index in [0.717, 1.165) is 11.4 Å². The number of halogens is 1. The van der Waals surface area contributed by atoms with Crippen LogP contribution < -0.4 is 16.4 Å². The molecule has 0 saturated heterocycles. The number of thiocarbonyl (C=S) groups is 1. The first-order valence-corrected chi connectivity index (χ1v) is 7.55. The fourth-order valence-electron chi connectivity index (χ4n) is 1.86. The van der Waals surface area contributed by atoms with E-state index in [0.29, 0.717) is 23.2 Å².